The highest BCUT2D eigenvalue weighted by Crippen LogP contribution is 2.15. The fourth-order valence-electron chi connectivity index (χ4n) is 3.20. The molecule has 3 rings (SSSR count). The third-order valence-corrected chi connectivity index (χ3v) is 5.09. The number of nitrogens with one attached hydrogen (secondary N) is 1. The lowest BCUT2D eigenvalue weighted by molar-refractivity contribution is 0.0793. The molecule has 1 aliphatic heterocycles. The van der Waals surface area contributed by atoms with E-state index in [4.69, 9.17) is 0 Å². The van der Waals surface area contributed by atoms with Gasteiger partial charge in [0.15, 0.2) is 0 Å². The van der Waals surface area contributed by atoms with E-state index in [1.54, 1.807) is 0 Å². The highest BCUT2D eigenvalue weighted by molar-refractivity contribution is 5.94. The number of likely N-dealkylation sites (tertiary alicyclic amines) is 1. The summed E-state index contributed by atoms with van der Waals surface area (Å²) in [6.07, 6.45) is 6.21. The van der Waals surface area contributed by atoms with Crippen LogP contribution in [0.5, 0.6) is 0 Å². The summed E-state index contributed by atoms with van der Waals surface area (Å²) in [4.78, 5) is 14.3. The van der Waals surface area contributed by atoms with E-state index in [1.807, 2.05) is 40.0 Å². The van der Waals surface area contributed by atoms with Gasteiger partial charge in [-0.3, -0.25) is 9.48 Å². The zero-order valence-electron chi connectivity index (χ0n) is 15.4. The van der Waals surface area contributed by atoms with Crippen molar-refractivity contribution in [1.82, 2.24) is 20.0 Å². The predicted molar refractivity (Wildman–Crippen MR) is 99.6 cm³/mol. The minimum atomic E-state index is 0.160. The molecule has 1 saturated heterocycles. The summed E-state index contributed by atoms with van der Waals surface area (Å²) in [6, 6.07) is 8.57. The van der Waals surface area contributed by atoms with E-state index in [1.165, 1.54) is 11.1 Å². The van der Waals surface area contributed by atoms with Gasteiger partial charge in [-0.15, -0.1) is 0 Å². The highest BCUT2D eigenvalue weighted by atomic mass is 16.2. The smallest absolute Gasteiger partial charge is 0.253 e. The fourth-order valence-corrected chi connectivity index (χ4v) is 3.20. The van der Waals surface area contributed by atoms with Crippen LogP contribution < -0.4 is 5.32 Å². The predicted octanol–water partition coefficient (Wildman–Crippen LogP) is 3.17. The summed E-state index contributed by atoms with van der Waals surface area (Å²) in [6.45, 7) is 8.97. The topological polar surface area (TPSA) is 50.2 Å². The number of rotatable bonds is 6. The van der Waals surface area contributed by atoms with Gasteiger partial charge in [-0.25, -0.2) is 0 Å². The summed E-state index contributed by atoms with van der Waals surface area (Å²) >= 11 is 0. The molecule has 0 aliphatic carbocycles. The number of aromatic nitrogens is 2. The van der Waals surface area contributed by atoms with Crippen LogP contribution in [0.2, 0.25) is 0 Å². The summed E-state index contributed by atoms with van der Waals surface area (Å²) in [5, 5.41) is 7.95. The molecule has 1 amide bonds. The van der Waals surface area contributed by atoms with Gasteiger partial charge < -0.3 is 10.2 Å². The van der Waals surface area contributed by atoms with Crippen LogP contribution in [-0.2, 0) is 6.54 Å². The molecule has 0 spiro atoms. The van der Waals surface area contributed by atoms with Crippen molar-refractivity contribution in [3.05, 3.63) is 53.3 Å². The Kier molecular flexibility index (Phi) is 5.53. The monoisotopic (exact) mass is 340 g/mol. The average Bonchev–Trinajstić information content (AvgIpc) is 3.30. The van der Waals surface area contributed by atoms with Gasteiger partial charge in [0, 0.05) is 37.4 Å². The number of carbonyl (C=O) groups is 1. The van der Waals surface area contributed by atoms with Crippen LogP contribution in [0.1, 0.15) is 54.2 Å². The van der Waals surface area contributed by atoms with Crippen LogP contribution in [0.15, 0.2) is 36.7 Å². The highest BCUT2D eigenvalue weighted by Gasteiger charge is 2.19. The Bertz CT molecular complexity index is 701. The van der Waals surface area contributed by atoms with Crippen molar-refractivity contribution in [2.45, 2.75) is 52.2 Å². The van der Waals surface area contributed by atoms with Gasteiger partial charge in [-0.05, 0) is 56.9 Å². The van der Waals surface area contributed by atoms with Gasteiger partial charge in [0.1, 0.15) is 0 Å². The Morgan fingerprint density at radius 2 is 1.88 bits per heavy atom. The third-order valence-electron chi connectivity index (χ3n) is 5.09. The molecule has 2 aromatic rings. The van der Waals surface area contributed by atoms with Gasteiger partial charge in [-0.2, -0.15) is 5.10 Å². The van der Waals surface area contributed by atoms with Crippen LogP contribution in [-0.4, -0.2) is 39.7 Å². The van der Waals surface area contributed by atoms with Crippen LogP contribution >= 0.6 is 0 Å². The Morgan fingerprint density at radius 3 is 2.48 bits per heavy atom. The minimum Gasteiger partial charge on any atom is -0.339 e. The maximum absolute atomic E-state index is 12.4. The largest absolute Gasteiger partial charge is 0.339 e. The van der Waals surface area contributed by atoms with Crippen LogP contribution in [0, 0.1) is 6.92 Å². The van der Waals surface area contributed by atoms with Crippen molar-refractivity contribution in [1.29, 1.82) is 0 Å². The molecule has 1 aromatic heterocycles. The van der Waals surface area contributed by atoms with E-state index in [9.17, 15) is 4.79 Å². The van der Waals surface area contributed by atoms with Crippen molar-refractivity contribution < 1.29 is 4.79 Å². The standard InChI is InChI=1S/C20H28N4O/c1-15-12-22-24(14-15)17(3)16(2)21-13-18-6-8-19(9-7-18)20(25)23-10-4-5-11-23/h6-9,12,14,16-17,21H,4-5,10-11,13H2,1-3H3/t16-,17-/m0/s1. The minimum absolute atomic E-state index is 0.160. The number of nitrogens with zero attached hydrogens (tertiary/aromatic N) is 3. The second kappa shape index (κ2) is 7.83. The number of benzene rings is 1. The summed E-state index contributed by atoms with van der Waals surface area (Å²) in [7, 11) is 0. The molecule has 25 heavy (non-hydrogen) atoms. The quantitative estimate of drug-likeness (QED) is 0.879. The van der Waals surface area contributed by atoms with Crippen molar-refractivity contribution in [2.75, 3.05) is 13.1 Å². The van der Waals surface area contributed by atoms with Gasteiger partial charge in [-0.1, -0.05) is 12.1 Å². The first kappa shape index (κ1) is 17.7. The van der Waals surface area contributed by atoms with Gasteiger partial charge in [0.25, 0.3) is 5.91 Å². The van der Waals surface area contributed by atoms with E-state index in [2.05, 4.69) is 37.4 Å². The van der Waals surface area contributed by atoms with Crippen LogP contribution in [0.4, 0.5) is 0 Å². The van der Waals surface area contributed by atoms with Crippen molar-refractivity contribution in [3.63, 3.8) is 0 Å². The summed E-state index contributed by atoms with van der Waals surface area (Å²) in [5.74, 6) is 0.160. The lowest BCUT2D eigenvalue weighted by atomic mass is 10.1. The molecule has 2 atom stereocenters. The molecule has 1 fully saturated rings. The first-order chi connectivity index (χ1) is 12.0. The van der Waals surface area contributed by atoms with E-state index >= 15 is 0 Å². The summed E-state index contributed by atoms with van der Waals surface area (Å²) in [5.41, 5.74) is 3.16. The lowest BCUT2D eigenvalue weighted by Gasteiger charge is -2.22. The van der Waals surface area contributed by atoms with Gasteiger partial charge in [0.2, 0.25) is 0 Å². The normalized spacial score (nSPS) is 16.8. The first-order valence-electron chi connectivity index (χ1n) is 9.17. The maximum atomic E-state index is 12.4. The molecule has 0 bridgehead atoms. The molecule has 1 N–H and O–H groups in total. The second-order valence-electron chi connectivity index (χ2n) is 7.10. The number of aryl methyl sites for hydroxylation is 1. The molecule has 134 valence electrons. The number of hydrogen-bond donors (Lipinski definition) is 1. The first-order valence-corrected chi connectivity index (χ1v) is 9.17. The fraction of sp³-hybridized carbons (Fsp3) is 0.500. The van der Waals surface area contributed by atoms with Crippen LogP contribution in [0.25, 0.3) is 0 Å². The number of carbonyl (C=O) groups excluding carboxylic acids is 1. The number of hydrogen-bond acceptors (Lipinski definition) is 3. The molecule has 2 heterocycles. The van der Waals surface area contributed by atoms with E-state index in [0.717, 1.165) is 38.0 Å². The van der Waals surface area contributed by atoms with Gasteiger partial charge in [0.05, 0.1) is 12.2 Å². The molecule has 0 radical (unpaired) electrons. The molecule has 1 aliphatic rings. The Balaban J connectivity index is 1.53. The maximum Gasteiger partial charge on any atom is 0.253 e. The Morgan fingerprint density at radius 1 is 1.20 bits per heavy atom. The van der Waals surface area contributed by atoms with E-state index in [0.29, 0.717) is 6.04 Å². The van der Waals surface area contributed by atoms with E-state index in [-0.39, 0.29) is 11.9 Å². The van der Waals surface area contributed by atoms with Crippen molar-refractivity contribution in [3.8, 4) is 0 Å². The number of amides is 1. The van der Waals surface area contributed by atoms with Crippen LogP contribution in [0.3, 0.4) is 0 Å². The molecular formula is C20H28N4O. The third kappa shape index (κ3) is 4.28. The molecular weight excluding hydrogens is 312 g/mol. The summed E-state index contributed by atoms with van der Waals surface area (Å²) < 4.78 is 2.00. The lowest BCUT2D eigenvalue weighted by Crippen LogP contribution is -2.33. The van der Waals surface area contributed by atoms with Crippen molar-refractivity contribution >= 4 is 5.91 Å². The zero-order chi connectivity index (χ0) is 17.8. The molecule has 1 aromatic carbocycles. The average molecular weight is 340 g/mol. The Hall–Kier alpha value is -2.14. The molecule has 0 unspecified atom stereocenters. The SMILES string of the molecule is Cc1cnn([C@@H](C)[C@H](C)NCc2ccc(C(=O)N3CCCC3)cc2)c1. The second-order valence-corrected chi connectivity index (χ2v) is 7.10. The molecule has 0 saturated carbocycles. The zero-order valence-corrected chi connectivity index (χ0v) is 15.4. The van der Waals surface area contributed by atoms with Crippen molar-refractivity contribution in [2.24, 2.45) is 0 Å². The van der Waals surface area contributed by atoms with E-state index < -0.39 is 0 Å². The van der Waals surface area contributed by atoms with Gasteiger partial charge >= 0.3 is 0 Å². The molecule has 5 nitrogen and oxygen atoms in total. The molecule has 5 heteroatoms. The Labute approximate surface area is 150 Å².